The quantitative estimate of drug-likeness (QED) is 0.481. The molecule has 2 nitrogen and oxygen atoms in total. The second kappa shape index (κ2) is 7.33. The first-order valence-corrected chi connectivity index (χ1v) is 10.1. The van der Waals surface area contributed by atoms with Crippen molar-refractivity contribution in [3.05, 3.63) is 78.9 Å². The Morgan fingerprint density at radius 1 is 0.724 bits per heavy atom. The fourth-order valence-corrected chi connectivity index (χ4v) is 3.47. The molecular formula is C26H27BO2. The maximum atomic E-state index is 10.3. The molecule has 0 aliphatic carbocycles. The monoisotopic (exact) mass is 382 g/mol. The van der Waals surface area contributed by atoms with Gasteiger partial charge in [-0.05, 0) is 66.4 Å². The Hall–Kier alpha value is -2.62. The standard InChI is InChI=1S/C26H27BO2/c1-25(2,28)26(3,4)29-27-22-15-14-19-16-21(13-12-20(19)17-22)24-11-7-9-18-8-5-6-10-23(18)24/h5-17,27-28H,1-4H3. The van der Waals surface area contributed by atoms with Crippen molar-refractivity contribution in [3.8, 4) is 11.1 Å². The number of hydrogen-bond donors (Lipinski definition) is 1. The van der Waals surface area contributed by atoms with Gasteiger partial charge in [-0.3, -0.25) is 0 Å². The fourth-order valence-electron chi connectivity index (χ4n) is 3.47. The van der Waals surface area contributed by atoms with E-state index in [2.05, 4.69) is 78.9 Å². The summed E-state index contributed by atoms with van der Waals surface area (Å²) in [4.78, 5) is 0. The Bertz CT molecular complexity index is 1170. The van der Waals surface area contributed by atoms with Crippen LogP contribution in [0.4, 0.5) is 0 Å². The molecule has 0 aliphatic rings. The van der Waals surface area contributed by atoms with Gasteiger partial charge in [0.25, 0.3) is 0 Å². The summed E-state index contributed by atoms with van der Waals surface area (Å²) in [6.45, 7) is 7.40. The highest BCUT2D eigenvalue weighted by Gasteiger charge is 2.35. The second-order valence-electron chi connectivity index (χ2n) is 8.78. The minimum Gasteiger partial charge on any atom is -0.427 e. The lowest BCUT2D eigenvalue weighted by Gasteiger charge is -2.37. The van der Waals surface area contributed by atoms with E-state index in [0.717, 1.165) is 5.46 Å². The van der Waals surface area contributed by atoms with E-state index in [9.17, 15) is 5.11 Å². The molecule has 4 aromatic carbocycles. The van der Waals surface area contributed by atoms with Crippen LogP contribution in [0.3, 0.4) is 0 Å². The molecule has 29 heavy (non-hydrogen) atoms. The Kier molecular flexibility index (Phi) is 4.98. The maximum Gasteiger partial charge on any atom is 0.309 e. The van der Waals surface area contributed by atoms with Gasteiger partial charge in [-0.15, -0.1) is 0 Å². The molecule has 3 heteroatoms. The molecule has 0 aliphatic heterocycles. The summed E-state index contributed by atoms with van der Waals surface area (Å²) in [5, 5.41) is 15.2. The summed E-state index contributed by atoms with van der Waals surface area (Å²) in [6, 6.07) is 28.0. The smallest absolute Gasteiger partial charge is 0.309 e. The van der Waals surface area contributed by atoms with E-state index in [4.69, 9.17) is 4.65 Å². The molecule has 146 valence electrons. The Labute approximate surface area is 173 Å². The van der Waals surface area contributed by atoms with Crippen LogP contribution < -0.4 is 5.46 Å². The predicted octanol–water partition coefficient (Wildman–Crippen LogP) is 5.20. The van der Waals surface area contributed by atoms with E-state index in [1.165, 1.54) is 32.7 Å². The van der Waals surface area contributed by atoms with Crippen LogP contribution in [0.25, 0.3) is 32.7 Å². The molecule has 1 N–H and O–H groups in total. The summed E-state index contributed by atoms with van der Waals surface area (Å²) >= 11 is 0. The van der Waals surface area contributed by atoms with E-state index in [0.29, 0.717) is 7.48 Å². The fraction of sp³-hybridized carbons (Fsp3) is 0.231. The minimum absolute atomic E-state index is 0.470. The van der Waals surface area contributed by atoms with Gasteiger partial charge in [-0.2, -0.15) is 0 Å². The van der Waals surface area contributed by atoms with Crippen LogP contribution in [0.15, 0.2) is 78.9 Å². The van der Waals surface area contributed by atoms with Crippen LogP contribution in [-0.2, 0) is 4.65 Å². The van der Waals surface area contributed by atoms with Gasteiger partial charge in [0, 0.05) is 0 Å². The second-order valence-corrected chi connectivity index (χ2v) is 8.78. The molecule has 4 rings (SSSR count). The Morgan fingerprint density at radius 3 is 2.21 bits per heavy atom. The third kappa shape index (κ3) is 3.94. The summed E-state index contributed by atoms with van der Waals surface area (Å²) in [7, 11) is 0.470. The van der Waals surface area contributed by atoms with E-state index < -0.39 is 11.2 Å². The first kappa shape index (κ1) is 19.7. The van der Waals surface area contributed by atoms with E-state index in [1.807, 2.05) is 13.8 Å². The van der Waals surface area contributed by atoms with Crippen molar-refractivity contribution in [2.24, 2.45) is 0 Å². The molecule has 0 amide bonds. The number of benzene rings is 4. The molecule has 0 heterocycles. The summed E-state index contributed by atoms with van der Waals surface area (Å²) in [5.74, 6) is 0. The van der Waals surface area contributed by atoms with Crippen molar-refractivity contribution in [2.75, 3.05) is 0 Å². The van der Waals surface area contributed by atoms with Crippen LogP contribution in [0, 0.1) is 0 Å². The molecule has 4 aromatic rings. The SMILES string of the molecule is CC(C)(O)C(C)(C)OBc1ccc2cc(-c3cccc4ccccc34)ccc2c1. The number of aliphatic hydroxyl groups is 1. The maximum absolute atomic E-state index is 10.3. The summed E-state index contributed by atoms with van der Waals surface area (Å²) < 4.78 is 6.02. The van der Waals surface area contributed by atoms with Crippen molar-refractivity contribution in [3.63, 3.8) is 0 Å². The Morgan fingerprint density at radius 2 is 1.41 bits per heavy atom. The van der Waals surface area contributed by atoms with Gasteiger partial charge in [-0.25, -0.2) is 0 Å². The highest BCUT2D eigenvalue weighted by molar-refractivity contribution is 6.47. The molecule has 0 aromatic heterocycles. The van der Waals surface area contributed by atoms with Crippen LogP contribution >= 0.6 is 0 Å². The van der Waals surface area contributed by atoms with Gasteiger partial charge in [0.2, 0.25) is 0 Å². The van der Waals surface area contributed by atoms with Crippen molar-refractivity contribution in [1.82, 2.24) is 0 Å². The molecule has 0 spiro atoms. The highest BCUT2D eigenvalue weighted by atomic mass is 16.5. The molecule has 0 saturated heterocycles. The van der Waals surface area contributed by atoms with Crippen LogP contribution in [0.1, 0.15) is 27.7 Å². The van der Waals surface area contributed by atoms with Crippen molar-refractivity contribution < 1.29 is 9.76 Å². The lowest BCUT2D eigenvalue weighted by atomic mass is 9.82. The van der Waals surface area contributed by atoms with Crippen molar-refractivity contribution in [2.45, 2.75) is 38.9 Å². The number of hydrogen-bond acceptors (Lipinski definition) is 2. The number of rotatable bonds is 5. The average molecular weight is 382 g/mol. The van der Waals surface area contributed by atoms with Crippen molar-refractivity contribution >= 4 is 34.5 Å². The first-order chi connectivity index (χ1) is 13.7. The molecule has 0 saturated carbocycles. The zero-order valence-corrected chi connectivity index (χ0v) is 17.6. The lowest BCUT2D eigenvalue weighted by Crippen LogP contribution is -2.49. The van der Waals surface area contributed by atoms with Gasteiger partial charge in [0.15, 0.2) is 0 Å². The summed E-state index contributed by atoms with van der Waals surface area (Å²) in [5.41, 5.74) is 2.05. The van der Waals surface area contributed by atoms with Crippen molar-refractivity contribution in [1.29, 1.82) is 0 Å². The molecule has 0 fully saturated rings. The van der Waals surface area contributed by atoms with E-state index in [-0.39, 0.29) is 0 Å². The lowest BCUT2D eigenvalue weighted by molar-refractivity contribution is -0.0893. The largest absolute Gasteiger partial charge is 0.427 e. The van der Waals surface area contributed by atoms with Gasteiger partial charge < -0.3 is 9.76 Å². The van der Waals surface area contributed by atoms with Crippen LogP contribution in [0.2, 0.25) is 0 Å². The topological polar surface area (TPSA) is 29.5 Å². The normalized spacial score (nSPS) is 12.4. The molecule has 0 bridgehead atoms. The highest BCUT2D eigenvalue weighted by Crippen LogP contribution is 2.30. The van der Waals surface area contributed by atoms with Crippen LogP contribution in [0.5, 0.6) is 0 Å². The number of fused-ring (bicyclic) bond motifs is 2. The van der Waals surface area contributed by atoms with Gasteiger partial charge in [0.05, 0.1) is 11.2 Å². The zero-order chi connectivity index (χ0) is 20.6. The van der Waals surface area contributed by atoms with Gasteiger partial charge in [-0.1, -0.05) is 78.3 Å². The van der Waals surface area contributed by atoms with E-state index >= 15 is 0 Å². The average Bonchev–Trinajstić information content (AvgIpc) is 2.70. The van der Waals surface area contributed by atoms with Gasteiger partial charge >= 0.3 is 7.48 Å². The van der Waals surface area contributed by atoms with E-state index in [1.54, 1.807) is 13.8 Å². The molecule has 0 radical (unpaired) electrons. The summed E-state index contributed by atoms with van der Waals surface area (Å²) in [6.07, 6.45) is 0. The third-order valence-corrected chi connectivity index (χ3v) is 6.08. The zero-order valence-electron chi connectivity index (χ0n) is 17.6. The Balaban J connectivity index is 1.64. The predicted molar refractivity (Wildman–Crippen MR) is 125 cm³/mol. The third-order valence-electron chi connectivity index (χ3n) is 6.08. The van der Waals surface area contributed by atoms with Gasteiger partial charge in [0.1, 0.15) is 0 Å². The molecule has 0 atom stereocenters. The first-order valence-electron chi connectivity index (χ1n) is 10.1. The van der Waals surface area contributed by atoms with Crippen LogP contribution in [-0.4, -0.2) is 23.8 Å². The minimum atomic E-state index is -0.906. The molecular weight excluding hydrogens is 355 g/mol. The molecule has 0 unspecified atom stereocenters.